The average molecular weight is 380 g/mol. The van der Waals surface area contributed by atoms with Crippen LogP contribution in [0.4, 0.5) is 4.79 Å². The van der Waals surface area contributed by atoms with E-state index in [9.17, 15) is 15.0 Å². The van der Waals surface area contributed by atoms with Crippen molar-refractivity contribution in [3.05, 3.63) is 35.9 Å². The number of hydrogen-bond acceptors (Lipinski definition) is 7. The lowest BCUT2D eigenvalue weighted by molar-refractivity contribution is -0.0266. The monoisotopic (exact) mass is 380 g/mol. The van der Waals surface area contributed by atoms with Gasteiger partial charge in [0.25, 0.3) is 0 Å². The van der Waals surface area contributed by atoms with Crippen LogP contribution in [0.3, 0.4) is 0 Å². The lowest BCUT2D eigenvalue weighted by Crippen LogP contribution is -2.57. The van der Waals surface area contributed by atoms with Gasteiger partial charge in [-0.05, 0) is 45.2 Å². The smallest absolute Gasteiger partial charge is 0.408 e. The number of ether oxygens (including phenoxy) is 1. The van der Waals surface area contributed by atoms with Crippen molar-refractivity contribution in [1.29, 1.82) is 0 Å². The van der Waals surface area contributed by atoms with Crippen molar-refractivity contribution in [2.45, 2.75) is 69.2 Å². The molecule has 1 fully saturated rings. The second-order valence-electron chi connectivity index (χ2n) is 7.64. The van der Waals surface area contributed by atoms with E-state index in [1.54, 1.807) is 13.8 Å². The van der Waals surface area contributed by atoms with Gasteiger partial charge < -0.3 is 37.1 Å². The second kappa shape index (κ2) is 9.48. The highest BCUT2D eigenvalue weighted by atomic mass is 16.6. The van der Waals surface area contributed by atoms with Gasteiger partial charge in [0.1, 0.15) is 11.7 Å². The SMILES string of the molecule is CC(C)(OC(=O)N[C@@H](Cc1ccccc1)[C@H](O)[C@@H](O)[C@@H]1CCCN1)C(N)N. The van der Waals surface area contributed by atoms with E-state index in [0.29, 0.717) is 6.42 Å². The zero-order valence-corrected chi connectivity index (χ0v) is 16.0. The summed E-state index contributed by atoms with van der Waals surface area (Å²) in [6.45, 7) is 4.02. The molecule has 1 amide bonds. The van der Waals surface area contributed by atoms with Crippen molar-refractivity contribution in [3.63, 3.8) is 0 Å². The molecule has 8 heteroatoms. The van der Waals surface area contributed by atoms with E-state index in [1.807, 2.05) is 30.3 Å². The van der Waals surface area contributed by atoms with Crippen LogP contribution in [0.15, 0.2) is 30.3 Å². The molecular formula is C19H32N4O4. The molecule has 8 nitrogen and oxygen atoms in total. The van der Waals surface area contributed by atoms with Crippen molar-refractivity contribution in [3.8, 4) is 0 Å². The Morgan fingerprint density at radius 1 is 1.33 bits per heavy atom. The first-order chi connectivity index (χ1) is 12.7. The maximum Gasteiger partial charge on any atom is 0.408 e. The minimum atomic E-state index is -1.16. The molecule has 152 valence electrons. The van der Waals surface area contributed by atoms with E-state index >= 15 is 0 Å². The molecule has 4 atom stereocenters. The minimum Gasteiger partial charge on any atom is -0.440 e. The summed E-state index contributed by atoms with van der Waals surface area (Å²) in [4.78, 5) is 12.4. The largest absolute Gasteiger partial charge is 0.440 e. The molecule has 0 aromatic heterocycles. The molecule has 1 saturated heterocycles. The molecule has 0 unspecified atom stereocenters. The molecule has 0 spiro atoms. The molecule has 27 heavy (non-hydrogen) atoms. The van der Waals surface area contributed by atoms with Gasteiger partial charge in [-0.15, -0.1) is 0 Å². The lowest BCUT2D eigenvalue weighted by atomic mass is 9.93. The van der Waals surface area contributed by atoms with Crippen LogP contribution in [-0.2, 0) is 11.2 Å². The standard InChI is InChI=1S/C19H32N4O4/c1-19(2,17(20)21)27-18(26)23-14(11-12-7-4-3-5-8-12)16(25)15(24)13-9-6-10-22-13/h3-5,7-8,13-17,22,24-25H,6,9-11,20-21H2,1-2H3,(H,23,26)/t13-,14-,15-,16-/m0/s1. The number of nitrogens with one attached hydrogen (secondary N) is 2. The fourth-order valence-electron chi connectivity index (χ4n) is 3.09. The van der Waals surface area contributed by atoms with Gasteiger partial charge in [-0.2, -0.15) is 0 Å². The van der Waals surface area contributed by atoms with Crippen molar-refractivity contribution in [2.75, 3.05) is 6.54 Å². The number of rotatable bonds is 8. The fraction of sp³-hybridized carbons (Fsp3) is 0.632. The number of amides is 1. The molecule has 0 saturated carbocycles. The van der Waals surface area contributed by atoms with E-state index in [0.717, 1.165) is 24.9 Å². The van der Waals surface area contributed by atoms with Crippen LogP contribution in [0.25, 0.3) is 0 Å². The number of alkyl carbamates (subject to hydrolysis) is 1. The molecule has 8 N–H and O–H groups in total. The molecule has 1 aliphatic heterocycles. The summed E-state index contributed by atoms with van der Waals surface area (Å²) >= 11 is 0. The number of carbonyl (C=O) groups excluding carboxylic acids is 1. The summed E-state index contributed by atoms with van der Waals surface area (Å²) in [6.07, 6.45) is -1.71. The van der Waals surface area contributed by atoms with Crippen molar-refractivity contribution >= 4 is 6.09 Å². The first kappa shape index (κ1) is 21.6. The lowest BCUT2D eigenvalue weighted by Gasteiger charge is -2.33. The number of aliphatic hydroxyl groups excluding tert-OH is 2. The first-order valence-corrected chi connectivity index (χ1v) is 9.35. The zero-order chi connectivity index (χ0) is 20.0. The second-order valence-corrected chi connectivity index (χ2v) is 7.64. The molecule has 1 aromatic rings. The Hall–Kier alpha value is -1.71. The highest BCUT2D eigenvalue weighted by Crippen LogP contribution is 2.17. The van der Waals surface area contributed by atoms with Crippen LogP contribution in [0.5, 0.6) is 0 Å². The third kappa shape index (κ3) is 6.15. The third-order valence-electron chi connectivity index (χ3n) is 5.03. The molecule has 1 aliphatic rings. The summed E-state index contributed by atoms with van der Waals surface area (Å²) in [5.41, 5.74) is 11.1. The van der Waals surface area contributed by atoms with Crippen LogP contribution < -0.4 is 22.1 Å². The average Bonchev–Trinajstić information content (AvgIpc) is 3.14. The Labute approximate surface area is 160 Å². The minimum absolute atomic E-state index is 0.204. The summed E-state index contributed by atoms with van der Waals surface area (Å²) < 4.78 is 5.31. The van der Waals surface area contributed by atoms with E-state index in [2.05, 4.69) is 10.6 Å². The van der Waals surface area contributed by atoms with E-state index in [1.165, 1.54) is 0 Å². The van der Waals surface area contributed by atoms with Crippen LogP contribution in [0.2, 0.25) is 0 Å². The van der Waals surface area contributed by atoms with Gasteiger partial charge in [-0.1, -0.05) is 30.3 Å². The molecule has 2 rings (SSSR count). The summed E-state index contributed by atoms with van der Waals surface area (Å²) in [7, 11) is 0. The Bertz CT molecular complexity index is 591. The number of nitrogens with two attached hydrogens (primary N) is 2. The highest BCUT2D eigenvalue weighted by molar-refractivity contribution is 5.68. The molecule has 1 heterocycles. The van der Waals surface area contributed by atoms with Crippen LogP contribution in [0.1, 0.15) is 32.3 Å². The van der Waals surface area contributed by atoms with Gasteiger partial charge in [0.05, 0.1) is 18.3 Å². The highest BCUT2D eigenvalue weighted by Gasteiger charge is 2.36. The van der Waals surface area contributed by atoms with Crippen LogP contribution in [0, 0.1) is 0 Å². The maximum absolute atomic E-state index is 12.4. The summed E-state index contributed by atoms with van der Waals surface area (Å²) in [5.74, 6) is 0. The maximum atomic E-state index is 12.4. The summed E-state index contributed by atoms with van der Waals surface area (Å²) in [5, 5.41) is 27.1. The van der Waals surface area contributed by atoms with Crippen molar-refractivity contribution in [2.24, 2.45) is 11.5 Å². The number of carbonyl (C=O) groups is 1. The van der Waals surface area contributed by atoms with Crippen molar-refractivity contribution in [1.82, 2.24) is 10.6 Å². The van der Waals surface area contributed by atoms with Crippen molar-refractivity contribution < 1.29 is 19.7 Å². The topological polar surface area (TPSA) is 143 Å². The van der Waals surface area contributed by atoms with Gasteiger partial charge in [0.15, 0.2) is 0 Å². The van der Waals surface area contributed by atoms with Gasteiger partial charge in [-0.3, -0.25) is 0 Å². The summed E-state index contributed by atoms with van der Waals surface area (Å²) in [6, 6.07) is 8.50. The first-order valence-electron chi connectivity index (χ1n) is 9.35. The Balaban J connectivity index is 2.09. The molecule has 0 bridgehead atoms. The van der Waals surface area contributed by atoms with E-state index < -0.39 is 36.1 Å². The van der Waals surface area contributed by atoms with Crippen LogP contribution >= 0.6 is 0 Å². The molecule has 0 aliphatic carbocycles. The number of benzene rings is 1. The third-order valence-corrected chi connectivity index (χ3v) is 5.03. The predicted octanol–water partition coefficient (Wildman–Crippen LogP) is -0.180. The Morgan fingerprint density at radius 3 is 2.56 bits per heavy atom. The van der Waals surface area contributed by atoms with Gasteiger partial charge >= 0.3 is 6.09 Å². The zero-order valence-electron chi connectivity index (χ0n) is 16.0. The fourth-order valence-corrected chi connectivity index (χ4v) is 3.09. The number of hydrogen-bond donors (Lipinski definition) is 6. The van der Waals surface area contributed by atoms with Crippen LogP contribution in [-0.4, -0.2) is 58.9 Å². The number of aliphatic hydroxyl groups is 2. The molecular weight excluding hydrogens is 348 g/mol. The molecule has 1 aromatic carbocycles. The Morgan fingerprint density at radius 2 is 2.00 bits per heavy atom. The molecule has 0 radical (unpaired) electrons. The van der Waals surface area contributed by atoms with Gasteiger partial charge in [0, 0.05) is 6.04 Å². The van der Waals surface area contributed by atoms with Gasteiger partial charge in [0.2, 0.25) is 0 Å². The quantitative estimate of drug-likeness (QED) is 0.343. The van der Waals surface area contributed by atoms with E-state index in [-0.39, 0.29) is 6.04 Å². The van der Waals surface area contributed by atoms with E-state index in [4.69, 9.17) is 16.2 Å². The van der Waals surface area contributed by atoms with Gasteiger partial charge in [-0.25, -0.2) is 4.79 Å². The predicted molar refractivity (Wildman–Crippen MR) is 103 cm³/mol. The normalized spacial score (nSPS) is 20.9. The Kier molecular flexibility index (Phi) is 7.58.